The molecular formula is C14H22O3. The van der Waals surface area contributed by atoms with Gasteiger partial charge < -0.3 is 9.84 Å². The molecule has 17 heavy (non-hydrogen) atoms. The molecule has 3 saturated carbocycles. The van der Waals surface area contributed by atoms with Gasteiger partial charge in [0.2, 0.25) is 0 Å². The molecule has 0 aromatic carbocycles. The van der Waals surface area contributed by atoms with Crippen molar-refractivity contribution >= 4 is 5.97 Å². The SMILES string of the molecule is C/C=C/C(=O)O[C@H]1C[C@H]2C[C@H](C2(C)C)[C@@]1(C)O. The second-order valence-electron chi connectivity index (χ2n) is 6.19. The van der Waals surface area contributed by atoms with E-state index in [-0.39, 0.29) is 23.4 Å². The Morgan fingerprint density at radius 3 is 2.47 bits per heavy atom. The predicted molar refractivity (Wildman–Crippen MR) is 65.3 cm³/mol. The highest BCUT2D eigenvalue weighted by Crippen LogP contribution is 2.63. The molecule has 3 rings (SSSR count). The number of esters is 1. The van der Waals surface area contributed by atoms with Crippen LogP contribution in [0.5, 0.6) is 0 Å². The number of fused-ring (bicyclic) bond motifs is 2. The Morgan fingerprint density at radius 2 is 2.00 bits per heavy atom. The van der Waals surface area contributed by atoms with Gasteiger partial charge in [0.1, 0.15) is 11.7 Å². The lowest BCUT2D eigenvalue weighted by Crippen LogP contribution is -2.67. The van der Waals surface area contributed by atoms with E-state index in [0.717, 1.165) is 12.8 Å². The number of hydrogen-bond acceptors (Lipinski definition) is 3. The van der Waals surface area contributed by atoms with Gasteiger partial charge in [0.25, 0.3) is 0 Å². The molecule has 0 unspecified atom stereocenters. The number of carbonyl (C=O) groups is 1. The molecule has 96 valence electrons. The summed E-state index contributed by atoms with van der Waals surface area (Å²) in [6.45, 7) is 7.98. The van der Waals surface area contributed by atoms with Crippen molar-refractivity contribution in [1.29, 1.82) is 0 Å². The van der Waals surface area contributed by atoms with Gasteiger partial charge in [-0.15, -0.1) is 0 Å². The minimum Gasteiger partial charge on any atom is -0.456 e. The first-order chi connectivity index (χ1) is 7.80. The summed E-state index contributed by atoms with van der Waals surface area (Å²) in [6.07, 6.45) is 4.53. The van der Waals surface area contributed by atoms with Crippen LogP contribution in [0.2, 0.25) is 0 Å². The Hall–Kier alpha value is -0.830. The standard InChI is InChI=1S/C14H22O3/c1-5-6-12(15)17-11-8-9-7-10(13(9,2)3)14(11,4)16/h5-6,9-11,16H,7-8H2,1-4H3/b6-5+/t9-,10-,11+,14-/m1/s1. The van der Waals surface area contributed by atoms with Crippen LogP contribution in [0.1, 0.15) is 40.5 Å². The van der Waals surface area contributed by atoms with Gasteiger partial charge in [-0.05, 0) is 43.9 Å². The van der Waals surface area contributed by atoms with Crippen molar-refractivity contribution in [3.63, 3.8) is 0 Å². The molecule has 2 bridgehead atoms. The molecular weight excluding hydrogens is 216 g/mol. The highest BCUT2D eigenvalue weighted by Gasteiger charge is 2.63. The van der Waals surface area contributed by atoms with Crippen molar-refractivity contribution in [3.8, 4) is 0 Å². The summed E-state index contributed by atoms with van der Waals surface area (Å²) in [5, 5.41) is 10.6. The lowest BCUT2D eigenvalue weighted by molar-refractivity contribution is -0.251. The van der Waals surface area contributed by atoms with Gasteiger partial charge in [-0.2, -0.15) is 0 Å². The number of allylic oxidation sites excluding steroid dienone is 1. The first-order valence-corrected chi connectivity index (χ1v) is 6.35. The largest absolute Gasteiger partial charge is 0.456 e. The Bertz CT molecular complexity index is 354. The number of hydrogen-bond donors (Lipinski definition) is 1. The molecule has 4 atom stereocenters. The summed E-state index contributed by atoms with van der Waals surface area (Å²) in [4.78, 5) is 11.5. The van der Waals surface area contributed by atoms with Gasteiger partial charge >= 0.3 is 5.97 Å². The fourth-order valence-electron chi connectivity index (χ4n) is 3.61. The highest BCUT2D eigenvalue weighted by atomic mass is 16.6. The third kappa shape index (κ3) is 1.81. The maximum absolute atomic E-state index is 11.5. The molecule has 0 saturated heterocycles. The van der Waals surface area contributed by atoms with Crippen LogP contribution >= 0.6 is 0 Å². The molecule has 3 fully saturated rings. The molecule has 0 aromatic rings. The van der Waals surface area contributed by atoms with Gasteiger partial charge in [-0.1, -0.05) is 19.9 Å². The zero-order valence-corrected chi connectivity index (χ0v) is 11.1. The molecule has 3 aliphatic carbocycles. The number of rotatable bonds is 2. The quantitative estimate of drug-likeness (QED) is 0.593. The van der Waals surface area contributed by atoms with E-state index in [0.29, 0.717) is 5.92 Å². The normalized spacial score (nSPS) is 43.2. The first kappa shape index (κ1) is 12.6. The second kappa shape index (κ2) is 3.84. The molecule has 0 spiro atoms. The van der Waals surface area contributed by atoms with Crippen LogP contribution in [-0.4, -0.2) is 22.8 Å². The molecule has 3 aliphatic rings. The molecule has 0 amide bonds. The molecule has 0 radical (unpaired) electrons. The summed E-state index contributed by atoms with van der Waals surface area (Å²) in [6, 6.07) is 0. The van der Waals surface area contributed by atoms with Crippen molar-refractivity contribution in [1.82, 2.24) is 0 Å². The number of aliphatic hydroxyl groups is 1. The molecule has 1 N–H and O–H groups in total. The average Bonchev–Trinajstić information content (AvgIpc) is 2.20. The topological polar surface area (TPSA) is 46.5 Å². The zero-order valence-electron chi connectivity index (χ0n) is 11.1. The fraction of sp³-hybridized carbons (Fsp3) is 0.786. The van der Waals surface area contributed by atoms with Crippen molar-refractivity contribution in [2.45, 2.75) is 52.2 Å². The third-order valence-corrected chi connectivity index (χ3v) is 4.89. The molecule has 3 heteroatoms. The average molecular weight is 238 g/mol. The Morgan fingerprint density at radius 1 is 1.35 bits per heavy atom. The highest BCUT2D eigenvalue weighted by molar-refractivity contribution is 5.82. The van der Waals surface area contributed by atoms with E-state index in [1.807, 2.05) is 6.92 Å². The number of carbonyl (C=O) groups excluding carboxylic acids is 1. The number of ether oxygens (including phenoxy) is 1. The van der Waals surface area contributed by atoms with Crippen LogP contribution in [-0.2, 0) is 9.53 Å². The Balaban J connectivity index is 2.10. The lowest BCUT2D eigenvalue weighted by Gasteiger charge is -2.64. The minimum absolute atomic E-state index is 0.174. The summed E-state index contributed by atoms with van der Waals surface area (Å²) in [5.41, 5.74) is -0.720. The summed E-state index contributed by atoms with van der Waals surface area (Å²) in [5.74, 6) is 0.449. The van der Waals surface area contributed by atoms with Crippen LogP contribution in [0.3, 0.4) is 0 Å². The molecule has 0 aromatic heterocycles. The monoisotopic (exact) mass is 238 g/mol. The van der Waals surface area contributed by atoms with Gasteiger partial charge in [-0.25, -0.2) is 4.79 Å². The molecule has 3 nitrogen and oxygen atoms in total. The van der Waals surface area contributed by atoms with Crippen molar-refractivity contribution in [3.05, 3.63) is 12.2 Å². The van der Waals surface area contributed by atoms with E-state index < -0.39 is 5.60 Å². The lowest BCUT2D eigenvalue weighted by atomic mass is 9.43. The van der Waals surface area contributed by atoms with Crippen LogP contribution in [0.15, 0.2) is 12.2 Å². The van der Waals surface area contributed by atoms with E-state index in [1.165, 1.54) is 6.08 Å². The smallest absolute Gasteiger partial charge is 0.330 e. The van der Waals surface area contributed by atoms with Crippen molar-refractivity contribution in [2.75, 3.05) is 0 Å². The molecule has 0 heterocycles. The van der Waals surface area contributed by atoms with Gasteiger partial charge in [0.15, 0.2) is 0 Å². The van der Waals surface area contributed by atoms with Gasteiger partial charge in [-0.3, -0.25) is 0 Å². The second-order valence-corrected chi connectivity index (χ2v) is 6.19. The maximum Gasteiger partial charge on any atom is 0.330 e. The maximum atomic E-state index is 11.5. The van der Waals surface area contributed by atoms with Gasteiger partial charge in [0.05, 0.1) is 0 Å². The fourth-order valence-corrected chi connectivity index (χ4v) is 3.61. The van der Waals surface area contributed by atoms with E-state index in [2.05, 4.69) is 13.8 Å². The summed E-state index contributed by atoms with van der Waals surface area (Å²) in [7, 11) is 0. The van der Waals surface area contributed by atoms with Crippen LogP contribution in [0, 0.1) is 17.3 Å². The predicted octanol–water partition coefficient (Wildman–Crippen LogP) is 2.29. The van der Waals surface area contributed by atoms with E-state index in [4.69, 9.17) is 4.74 Å². The minimum atomic E-state index is -0.893. The Labute approximate surface area is 103 Å². The van der Waals surface area contributed by atoms with Crippen LogP contribution in [0.4, 0.5) is 0 Å². The van der Waals surface area contributed by atoms with Gasteiger partial charge in [0, 0.05) is 6.08 Å². The summed E-state index contributed by atoms with van der Waals surface area (Å²) < 4.78 is 5.37. The van der Waals surface area contributed by atoms with Crippen molar-refractivity contribution in [2.24, 2.45) is 17.3 Å². The Kier molecular flexibility index (Phi) is 2.85. The van der Waals surface area contributed by atoms with Crippen LogP contribution < -0.4 is 0 Å². The molecule has 0 aliphatic heterocycles. The van der Waals surface area contributed by atoms with E-state index >= 15 is 0 Å². The van der Waals surface area contributed by atoms with Crippen LogP contribution in [0.25, 0.3) is 0 Å². The van der Waals surface area contributed by atoms with E-state index in [9.17, 15) is 9.90 Å². The first-order valence-electron chi connectivity index (χ1n) is 6.35. The third-order valence-electron chi connectivity index (χ3n) is 4.89. The van der Waals surface area contributed by atoms with Crippen molar-refractivity contribution < 1.29 is 14.6 Å². The summed E-state index contributed by atoms with van der Waals surface area (Å²) >= 11 is 0. The zero-order chi connectivity index (χ0) is 12.8. The van der Waals surface area contributed by atoms with E-state index in [1.54, 1.807) is 13.0 Å².